The zero-order valence-electron chi connectivity index (χ0n) is 30.2. The molecule has 0 aliphatic heterocycles. The van der Waals surface area contributed by atoms with Crippen molar-refractivity contribution in [3.63, 3.8) is 0 Å². The molecule has 4 heterocycles. The normalized spacial score (nSPS) is 11.6. The van der Waals surface area contributed by atoms with Gasteiger partial charge in [0.25, 0.3) is 0 Å². The molecule has 0 saturated heterocycles. The second kappa shape index (κ2) is 13.9. The van der Waals surface area contributed by atoms with Crippen LogP contribution in [0, 0.1) is 0 Å². The Labute approximate surface area is 335 Å². The largest absolute Gasteiger partial charge is 0.456 e. The number of aromatic nitrogens is 5. The van der Waals surface area contributed by atoms with E-state index in [4.69, 9.17) is 29.3 Å². The molecular weight excluding hydrogens is 739 g/mol. The van der Waals surface area contributed by atoms with Gasteiger partial charge in [0.15, 0.2) is 23.3 Å². The van der Waals surface area contributed by atoms with Gasteiger partial charge in [-0.25, -0.2) is 24.9 Å². The third kappa shape index (κ3) is 6.21. The Balaban J connectivity index is 0.995. The van der Waals surface area contributed by atoms with Crippen molar-refractivity contribution < 1.29 is 4.42 Å². The molecule has 0 spiro atoms. The first-order valence-electron chi connectivity index (χ1n) is 18.6. The van der Waals surface area contributed by atoms with Gasteiger partial charge >= 0.3 is 0 Å². The minimum atomic E-state index is 0.606. The lowest BCUT2D eigenvalue weighted by molar-refractivity contribution is 0.669. The van der Waals surface area contributed by atoms with Gasteiger partial charge < -0.3 is 4.42 Å². The Bertz CT molecular complexity index is 3270. The summed E-state index contributed by atoms with van der Waals surface area (Å²) in [5.74, 6) is 2.54. The molecule has 57 heavy (non-hydrogen) atoms. The molecule has 0 radical (unpaired) electrons. The van der Waals surface area contributed by atoms with Crippen molar-refractivity contribution in [2.45, 2.75) is 9.79 Å². The van der Waals surface area contributed by atoms with Crippen molar-refractivity contribution in [2.75, 3.05) is 0 Å². The van der Waals surface area contributed by atoms with E-state index in [0.29, 0.717) is 23.3 Å². The van der Waals surface area contributed by atoms with Crippen LogP contribution in [0.1, 0.15) is 0 Å². The summed E-state index contributed by atoms with van der Waals surface area (Å²) in [6.07, 6.45) is 1.95. The number of thiophene rings is 1. The summed E-state index contributed by atoms with van der Waals surface area (Å²) >= 11 is 3.44. The van der Waals surface area contributed by atoms with E-state index in [1.165, 1.54) is 4.70 Å². The van der Waals surface area contributed by atoms with E-state index in [9.17, 15) is 0 Å². The summed E-state index contributed by atoms with van der Waals surface area (Å²) in [5.41, 5.74) is 7.38. The average Bonchev–Trinajstić information content (AvgIpc) is 3.84. The Morgan fingerprint density at radius 2 is 1.00 bits per heavy atom. The predicted molar refractivity (Wildman–Crippen MR) is 233 cm³/mol. The van der Waals surface area contributed by atoms with E-state index in [2.05, 4.69) is 84.9 Å². The first kappa shape index (κ1) is 33.3. The molecule has 0 unspecified atom stereocenters. The third-order valence-electron chi connectivity index (χ3n) is 10.1. The highest BCUT2D eigenvalue weighted by Crippen LogP contribution is 2.40. The highest BCUT2D eigenvalue weighted by Gasteiger charge is 2.17. The highest BCUT2D eigenvalue weighted by molar-refractivity contribution is 7.99. The number of benzene rings is 7. The van der Waals surface area contributed by atoms with E-state index >= 15 is 0 Å². The van der Waals surface area contributed by atoms with Crippen molar-refractivity contribution in [3.05, 3.63) is 176 Å². The molecule has 8 heteroatoms. The fraction of sp³-hybridized carbons (Fsp3) is 0. The van der Waals surface area contributed by atoms with Gasteiger partial charge in [-0.3, -0.25) is 0 Å². The van der Waals surface area contributed by atoms with Crippen LogP contribution in [0.3, 0.4) is 0 Å². The first-order chi connectivity index (χ1) is 28.2. The molecule has 4 aromatic heterocycles. The molecule has 6 nitrogen and oxygen atoms in total. The second-order valence-electron chi connectivity index (χ2n) is 13.7. The summed E-state index contributed by atoms with van der Waals surface area (Å²) in [6, 6.07) is 58.0. The fourth-order valence-electron chi connectivity index (χ4n) is 7.27. The van der Waals surface area contributed by atoms with Gasteiger partial charge in [0.2, 0.25) is 0 Å². The minimum absolute atomic E-state index is 0.606. The molecule has 0 saturated carbocycles. The number of nitrogens with zero attached hydrogens (tertiary/aromatic N) is 5. The van der Waals surface area contributed by atoms with Gasteiger partial charge in [-0.05, 0) is 60.7 Å². The van der Waals surface area contributed by atoms with Crippen molar-refractivity contribution in [1.29, 1.82) is 0 Å². The Morgan fingerprint density at radius 1 is 0.404 bits per heavy atom. The van der Waals surface area contributed by atoms with E-state index < -0.39 is 0 Å². The summed E-state index contributed by atoms with van der Waals surface area (Å²) in [6.45, 7) is 0. The summed E-state index contributed by atoms with van der Waals surface area (Å²) < 4.78 is 8.46. The molecule has 7 aromatic carbocycles. The quantitative estimate of drug-likeness (QED) is 0.160. The van der Waals surface area contributed by atoms with Gasteiger partial charge in [-0.2, -0.15) is 0 Å². The number of para-hydroxylation sites is 1. The minimum Gasteiger partial charge on any atom is -0.456 e. The first-order valence-corrected chi connectivity index (χ1v) is 20.2. The van der Waals surface area contributed by atoms with Crippen molar-refractivity contribution in [1.82, 2.24) is 24.9 Å². The molecule has 11 rings (SSSR count). The van der Waals surface area contributed by atoms with Gasteiger partial charge in [0, 0.05) is 69.9 Å². The maximum absolute atomic E-state index is 6.12. The van der Waals surface area contributed by atoms with Crippen molar-refractivity contribution in [2.24, 2.45) is 0 Å². The monoisotopic (exact) mass is 767 g/mol. The number of hydrogen-bond donors (Lipinski definition) is 0. The smallest absolute Gasteiger partial charge is 0.164 e. The molecular formula is C49H29N5OS2. The number of hydrogen-bond acceptors (Lipinski definition) is 8. The third-order valence-corrected chi connectivity index (χ3v) is 12.2. The van der Waals surface area contributed by atoms with Crippen molar-refractivity contribution in [3.8, 4) is 56.8 Å². The molecule has 0 amide bonds. The lowest BCUT2D eigenvalue weighted by Crippen LogP contribution is -2.00. The molecule has 0 bridgehead atoms. The number of rotatable bonds is 7. The molecule has 0 atom stereocenters. The van der Waals surface area contributed by atoms with Crippen LogP contribution in [0.15, 0.2) is 190 Å². The molecule has 0 N–H and O–H groups in total. The highest BCUT2D eigenvalue weighted by atomic mass is 32.2. The van der Waals surface area contributed by atoms with Crippen LogP contribution in [0.4, 0.5) is 0 Å². The summed E-state index contributed by atoms with van der Waals surface area (Å²) in [7, 11) is 0. The van der Waals surface area contributed by atoms with Gasteiger partial charge in [0.1, 0.15) is 11.2 Å². The number of fused-ring (bicyclic) bond motifs is 6. The topological polar surface area (TPSA) is 77.6 Å². The summed E-state index contributed by atoms with van der Waals surface area (Å²) in [5, 5.41) is 4.40. The SMILES string of the molecule is c1ccc(Sc2cnc(-c3ccc4c(c3)sc3ccc(-c5nc(-c6ccccc6)nc(-c6ccc7oc8ccccc8c7c6)n5)cc34)nc2-c2ccccc2)cc1. The zero-order chi connectivity index (χ0) is 37.7. The Morgan fingerprint density at radius 3 is 1.77 bits per heavy atom. The van der Waals surface area contributed by atoms with E-state index in [1.54, 1.807) is 23.1 Å². The molecule has 0 aliphatic rings. The van der Waals surface area contributed by atoms with Crippen LogP contribution in [0.25, 0.3) is 98.9 Å². The van der Waals surface area contributed by atoms with Crippen LogP contribution >= 0.6 is 23.1 Å². The van der Waals surface area contributed by atoms with Crippen LogP contribution in [-0.2, 0) is 0 Å². The molecule has 0 aliphatic carbocycles. The Hall–Kier alpha value is -7.00. The lowest BCUT2D eigenvalue weighted by atomic mass is 10.1. The predicted octanol–water partition coefficient (Wildman–Crippen LogP) is 13.4. The Kier molecular flexibility index (Phi) is 8.15. The second-order valence-corrected chi connectivity index (χ2v) is 15.9. The van der Waals surface area contributed by atoms with Crippen LogP contribution in [0.2, 0.25) is 0 Å². The maximum atomic E-state index is 6.12. The fourth-order valence-corrected chi connectivity index (χ4v) is 9.31. The van der Waals surface area contributed by atoms with Crippen LogP contribution in [-0.4, -0.2) is 24.9 Å². The maximum Gasteiger partial charge on any atom is 0.164 e. The molecule has 11 aromatic rings. The van der Waals surface area contributed by atoms with E-state index in [-0.39, 0.29) is 0 Å². The van der Waals surface area contributed by atoms with Gasteiger partial charge in [0.05, 0.1) is 10.6 Å². The average molecular weight is 768 g/mol. The van der Waals surface area contributed by atoms with Crippen LogP contribution < -0.4 is 0 Å². The zero-order valence-corrected chi connectivity index (χ0v) is 31.8. The number of furan rings is 1. The van der Waals surface area contributed by atoms with E-state index in [0.717, 1.165) is 80.7 Å². The van der Waals surface area contributed by atoms with Crippen molar-refractivity contribution >= 4 is 65.2 Å². The van der Waals surface area contributed by atoms with E-state index in [1.807, 2.05) is 91.1 Å². The molecule has 0 fully saturated rings. The van der Waals surface area contributed by atoms with Crippen LogP contribution in [0.5, 0.6) is 0 Å². The molecule has 268 valence electrons. The van der Waals surface area contributed by atoms with Gasteiger partial charge in [-0.15, -0.1) is 11.3 Å². The standard InChI is InChI=1S/C49H29N5OS2/c1-4-12-30(13-5-1)45-44(56-35-16-8-3-9-17-35)29-50-46(51-45)34-20-23-37-39-27-33(22-25-42(39)57-43(37)28-34)49-53-47(31-14-6-2-7-15-31)52-48(54-49)32-21-24-41-38(26-32)36-18-10-11-19-40(36)55-41/h1-29H. The van der Waals surface area contributed by atoms with Gasteiger partial charge in [-0.1, -0.05) is 121 Å². The summed E-state index contributed by atoms with van der Waals surface area (Å²) in [4.78, 5) is 27.3. The lowest BCUT2D eigenvalue weighted by Gasteiger charge is -2.11.